The molecule has 35 heavy (non-hydrogen) atoms. The summed E-state index contributed by atoms with van der Waals surface area (Å²) in [6.45, 7) is 0.535. The SMILES string of the molecule is O=C(NCCc1cccnc1)c1ccccc1Nc1ccc2c(/C=C/c3ccccn3)n[nH]c2c1. The Hall–Kier alpha value is -4.78. The van der Waals surface area contributed by atoms with Crippen LogP contribution in [-0.4, -0.2) is 32.6 Å². The van der Waals surface area contributed by atoms with Gasteiger partial charge in [0.25, 0.3) is 5.91 Å². The quantitative estimate of drug-likeness (QED) is 0.294. The van der Waals surface area contributed by atoms with Gasteiger partial charge in [-0.25, -0.2) is 0 Å². The van der Waals surface area contributed by atoms with E-state index in [9.17, 15) is 4.79 Å². The number of para-hydroxylation sites is 1. The fourth-order valence-corrected chi connectivity index (χ4v) is 3.79. The van der Waals surface area contributed by atoms with Gasteiger partial charge >= 0.3 is 0 Å². The normalized spacial score (nSPS) is 11.1. The molecule has 0 fully saturated rings. The lowest BCUT2D eigenvalue weighted by Gasteiger charge is -2.12. The second-order valence-corrected chi connectivity index (χ2v) is 7.99. The number of H-pyrrole nitrogens is 1. The lowest BCUT2D eigenvalue weighted by atomic mass is 10.1. The molecule has 0 radical (unpaired) electrons. The number of anilines is 2. The highest BCUT2D eigenvalue weighted by atomic mass is 16.1. The van der Waals surface area contributed by atoms with Crippen molar-refractivity contribution in [2.75, 3.05) is 11.9 Å². The summed E-state index contributed by atoms with van der Waals surface area (Å²) in [4.78, 5) is 21.3. The monoisotopic (exact) mass is 460 g/mol. The molecule has 3 N–H and O–H groups in total. The maximum atomic E-state index is 12.9. The van der Waals surface area contributed by atoms with Crippen LogP contribution in [0.25, 0.3) is 23.1 Å². The molecule has 0 saturated carbocycles. The van der Waals surface area contributed by atoms with Crippen molar-refractivity contribution < 1.29 is 4.79 Å². The third-order valence-electron chi connectivity index (χ3n) is 5.56. The molecule has 0 saturated heterocycles. The average molecular weight is 461 g/mol. The van der Waals surface area contributed by atoms with E-state index in [0.717, 1.165) is 45.6 Å². The number of carbonyl (C=O) groups is 1. The largest absolute Gasteiger partial charge is 0.355 e. The summed E-state index contributed by atoms with van der Waals surface area (Å²) in [7, 11) is 0. The zero-order valence-corrected chi connectivity index (χ0v) is 19.0. The number of hydrogen-bond donors (Lipinski definition) is 3. The van der Waals surface area contributed by atoms with Crippen molar-refractivity contribution >= 4 is 40.3 Å². The van der Waals surface area contributed by atoms with Crippen molar-refractivity contribution in [1.29, 1.82) is 0 Å². The van der Waals surface area contributed by atoms with Crippen molar-refractivity contribution in [3.05, 3.63) is 114 Å². The number of amides is 1. The fraction of sp³-hybridized carbons (Fsp3) is 0.0714. The Morgan fingerprint density at radius 1 is 0.943 bits per heavy atom. The predicted molar refractivity (Wildman–Crippen MR) is 139 cm³/mol. The standard InChI is InChI=1S/C28H24N6O/c35-28(31-17-14-20-6-5-15-29-19-20)24-8-1-2-9-25(24)32-22-10-12-23-26(33-34-27(23)18-22)13-11-21-7-3-4-16-30-21/h1-13,15-16,18-19,32H,14,17H2,(H,31,35)(H,33,34)/b13-11+. The van der Waals surface area contributed by atoms with Crippen LogP contribution in [0.1, 0.15) is 27.3 Å². The number of benzene rings is 2. The van der Waals surface area contributed by atoms with E-state index < -0.39 is 0 Å². The number of aromatic amines is 1. The molecule has 0 unspecified atom stereocenters. The summed E-state index contributed by atoms with van der Waals surface area (Å²) in [5, 5.41) is 14.9. The van der Waals surface area contributed by atoms with Crippen LogP contribution < -0.4 is 10.6 Å². The number of carbonyl (C=O) groups excluding carboxylic acids is 1. The molecule has 7 nitrogen and oxygen atoms in total. The highest BCUT2D eigenvalue weighted by Gasteiger charge is 2.12. The Morgan fingerprint density at radius 2 is 1.86 bits per heavy atom. The van der Waals surface area contributed by atoms with Gasteiger partial charge < -0.3 is 10.6 Å². The van der Waals surface area contributed by atoms with Gasteiger partial charge in [0.05, 0.1) is 28.2 Å². The van der Waals surface area contributed by atoms with Gasteiger partial charge in [-0.05, 0) is 72.7 Å². The molecular weight excluding hydrogens is 436 g/mol. The van der Waals surface area contributed by atoms with Gasteiger partial charge in [-0.15, -0.1) is 0 Å². The van der Waals surface area contributed by atoms with Crippen LogP contribution in [0.4, 0.5) is 11.4 Å². The second kappa shape index (κ2) is 10.4. The zero-order valence-electron chi connectivity index (χ0n) is 19.0. The number of fused-ring (bicyclic) bond motifs is 1. The summed E-state index contributed by atoms with van der Waals surface area (Å²) >= 11 is 0. The van der Waals surface area contributed by atoms with Gasteiger partial charge in [0, 0.05) is 36.2 Å². The van der Waals surface area contributed by atoms with E-state index >= 15 is 0 Å². The Morgan fingerprint density at radius 3 is 2.71 bits per heavy atom. The van der Waals surface area contributed by atoms with Crippen molar-refractivity contribution in [3.63, 3.8) is 0 Å². The highest BCUT2D eigenvalue weighted by molar-refractivity contribution is 6.00. The number of aromatic nitrogens is 4. The lowest BCUT2D eigenvalue weighted by molar-refractivity contribution is 0.0955. The molecule has 0 bridgehead atoms. The third-order valence-corrected chi connectivity index (χ3v) is 5.56. The molecule has 0 aliphatic rings. The summed E-state index contributed by atoms with van der Waals surface area (Å²) in [5.41, 5.74) is 5.87. The zero-order chi connectivity index (χ0) is 23.9. The first-order valence-corrected chi connectivity index (χ1v) is 11.4. The number of nitrogens with zero attached hydrogens (tertiary/aromatic N) is 3. The van der Waals surface area contributed by atoms with Crippen LogP contribution in [0.2, 0.25) is 0 Å². The Bertz CT molecular complexity index is 1460. The molecule has 0 aliphatic carbocycles. The van der Waals surface area contributed by atoms with Crippen molar-refractivity contribution in [2.24, 2.45) is 0 Å². The molecule has 3 heterocycles. The van der Waals surface area contributed by atoms with Crippen molar-refractivity contribution in [3.8, 4) is 0 Å². The Labute approximate surface area is 203 Å². The van der Waals surface area contributed by atoms with Crippen LogP contribution in [0, 0.1) is 0 Å². The van der Waals surface area contributed by atoms with Crippen LogP contribution in [0.15, 0.2) is 91.4 Å². The van der Waals surface area contributed by atoms with E-state index in [2.05, 4.69) is 30.8 Å². The second-order valence-electron chi connectivity index (χ2n) is 7.99. The Balaban J connectivity index is 1.28. The van der Waals surface area contributed by atoms with E-state index in [1.165, 1.54) is 0 Å². The third kappa shape index (κ3) is 5.42. The van der Waals surface area contributed by atoms with Crippen LogP contribution in [0.5, 0.6) is 0 Å². The predicted octanol–water partition coefficient (Wildman–Crippen LogP) is 5.24. The van der Waals surface area contributed by atoms with E-state index in [0.29, 0.717) is 12.1 Å². The molecule has 3 aromatic heterocycles. The number of hydrogen-bond acceptors (Lipinski definition) is 5. The van der Waals surface area contributed by atoms with Crippen molar-refractivity contribution in [2.45, 2.75) is 6.42 Å². The molecule has 5 rings (SSSR count). The van der Waals surface area contributed by atoms with E-state index in [1.807, 2.05) is 91.1 Å². The number of pyridine rings is 2. The molecule has 7 heteroatoms. The smallest absolute Gasteiger partial charge is 0.253 e. The van der Waals surface area contributed by atoms with E-state index in [1.54, 1.807) is 12.4 Å². The Kier molecular flexibility index (Phi) is 6.57. The maximum absolute atomic E-state index is 12.9. The van der Waals surface area contributed by atoms with Gasteiger partial charge in [-0.2, -0.15) is 5.10 Å². The van der Waals surface area contributed by atoms with Gasteiger partial charge in [0.1, 0.15) is 0 Å². The average Bonchev–Trinajstić information content (AvgIpc) is 3.31. The first-order chi connectivity index (χ1) is 17.3. The molecule has 0 aliphatic heterocycles. The van der Waals surface area contributed by atoms with E-state index in [-0.39, 0.29) is 5.91 Å². The molecule has 1 amide bonds. The minimum atomic E-state index is -0.124. The molecule has 2 aromatic carbocycles. The van der Waals surface area contributed by atoms with E-state index in [4.69, 9.17) is 0 Å². The van der Waals surface area contributed by atoms with Crippen LogP contribution >= 0.6 is 0 Å². The summed E-state index contributed by atoms with van der Waals surface area (Å²) < 4.78 is 0. The topological polar surface area (TPSA) is 95.6 Å². The van der Waals surface area contributed by atoms with Crippen LogP contribution in [-0.2, 0) is 6.42 Å². The number of rotatable bonds is 8. The van der Waals surface area contributed by atoms with Gasteiger partial charge in [0.15, 0.2) is 0 Å². The van der Waals surface area contributed by atoms with Gasteiger partial charge in [-0.3, -0.25) is 19.9 Å². The summed E-state index contributed by atoms with van der Waals surface area (Å²) in [6.07, 6.45) is 9.92. The molecular formula is C28H24N6O. The van der Waals surface area contributed by atoms with Gasteiger partial charge in [0.2, 0.25) is 0 Å². The number of nitrogens with one attached hydrogen (secondary N) is 3. The van der Waals surface area contributed by atoms with Crippen LogP contribution in [0.3, 0.4) is 0 Å². The highest BCUT2D eigenvalue weighted by Crippen LogP contribution is 2.26. The first kappa shape index (κ1) is 22.0. The minimum Gasteiger partial charge on any atom is -0.355 e. The van der Waals surface area contributed by atoms with Gasteiger partial charge in [-0.1, -0.05) is 24.3 Å². The minimum absolute atomic E-state index is 0.124. The summed E-state index contributed by atoms with van der Waals surface area (Å²) in [6, 6.07) is 23.1. The summed E-state index contributed by atoms with van der Waals surface area (Å²) in [5.74, 6) is -0.124. The maximum Gasteiger partial charge on any atom is 0.253 e. The fourth-order valence-electron chi connectivity index (χ4n) is 3.79. The molecule has 5 aromatic rings. The molecule has 0 atom stereocenters. The lowest BCUT2D eigenvalue weighted by Crippen LogP contribution is -2.26. The molecule has 172 valence electrons. The molecule has 0 spiro atoms. The first-order valence-electron chi connectivity index (χ1n) is 11.4. The van der Waals surface area contributed by atoms with Crippen molar-refractivity contribution in [1.82, 2.24) is 25.5 Å².